The van der Waals surface area contributed by atoms with Crippen molar-refractivity contribution in [2.24, 2.45) is 0 Å². The molecular formula is C20H19N3O4S. The number of hydrogen-bond acceptors (Lipinski definition) is 5. The summed E-state index contributed by atoms with van der Waals surface area (Å²) in [6.45, 7) is 7.17. The number of carbonyl (C=O) groups is 1. The summed E-state index contributed by atoms with van der Waals surface area (Å²) < 4.78 is 6.51. The number of hydrogen-bond donors (Lipinski definition) is 2. The average Bonchev–Trinajstić information content (AvgIpc) is 3.18. The van der Waals surface area contributed by atoms with E-state index in [9.17, 15) is 14.4 Å². The molecule has 0 saturated heterocycles. The monoisotopic (exact) mass is 397 g/mol. The number of carbonyl (C=O) groups excluding carboxylic acids is 1. The first-order chi connectivity index (χ1) is 13.2. The molecule has 0 bridgehead atoms. The molecule has 0 aliphatic carbocycles. The highest BCUT2D eigenvalue weighted by molar-refractivity contribution is 7.09. The SMILES string of the molecule is Cc1ccc2[nH]c(C(=O)OC(C)(C)C)c(-n3c(=O)[nH]c4cscc4c3=O)c2c1. The zero-order valence-corrected chi connectivity index (χ0v) is 16.7. The van der Waals surface area contributed by atoms with Crippen molar-refractivity contribution in [1.82, 2.24) is 14.5 Å². The van der Waals surface area contributed by atoms with Gasteiger partial charge in [-0.15, -0.1) is 11.3 Å². The van der Waals surface area contributed by atoms with E-state index < -0.39 is 22.8 Å². The molecule has 0 unspecified atom stereocenters. The van der Waals surface area contributed by atoms with E-state index in [1.807, 2.05) is 25.1 Å². The third-order valence-electron chi connectivity index (χ3n) is 4.29. The molecule has 0 amide bonds. The number of aromatic amines is 2. The van der Waals surface area contributed by atoms with Gasteiger partial charge in [0.15, 0.2) is 5.69 Å². The van der Waals surface area contributed by atoms with Gasteiger partial charge in [0, 0.05) is 21.7 Å². The van der Waals surface area contributed by atoms with Crippen molar-refractivity contribution in [2.75, 3.05) is 0 Å². The van der Waals surface area contributed by atoms with Crippen molar-refractivity contribution in [3.8, 4) is 5.69 Å². The Morgan fingerprint density at radius 2 is 1.82 bits per heavy atom. The Labute approximate surface area is 163 Å². The summed E-state index contributed by atoms with van der Waals surface area (Å²) in [6.07, 6.45) is 0. The van der Waals surface area contributed by atoms with Gasteiger partial charge in [0.1, 0.15) is 5.60 Å². The smallest absolute Gasteiger partial charge is 0.357 e. The standard InChI is InChI=1S/C20H19N3O4S/c1-10-5-6-13-11(7-10)16(15(21-13)18(25)27-20(2,3)4)23-17(24)12-8-28-9-14(12)22-19(23)26/h5-9,21H,1-4H3,(H,22,26). The highest BCUT2D eigenvalue weighted by Gasteiger charge is 2.27. The van der Waals surface area contributed by atoms with Crippen LogP contribution in [0.25, 0.3) is 27.5 Å². The normalized spacial score (nSPS) is 12.0. The fraction of sp³-hybridized carbons (Fsp3) is 0.250. The number of esters is 1. The zero-order chi connectivity index (χ0) is 20.2. The minimum Gasteiger partial charge on any atom is -0.455 e. The highest BCUT2D eigenvalue weighted by Crippen LogP contribution is 2.28. The lowest BCUT2D eigenvalue weighted by Crippen LogP contribution is -2.34. The van der Waals surface area contributed by atoms with Crippen LogP contribution in [0.15, 0.2) is 38.5 Å². The molecule has 0 aliphatic heterocycles. The Hall–Kier alpha value is -3.13. The summed E-state index contributed by atoms with van der Waals surface area (Å²) in [4.78, 5) is 44.5. The van der Waals surface area contributed by atoms with Gasteiger partial charge in [-0.2, -0.15) is 0 Å². The Morgan fingerprint density at radius 3 is 2.54 bits per heavy atom. The maximum Gasteiger partial charge on any atom is 0.357 e. The summed E-state index contributed by atoms with van der Waals surface area (Å²) in [5.74, 6) is -0.631. The van der Waals surface area contributed by atoms with E-state index in [0.717, 1.165) is 10.1 Å². The third kappa shape index (κ3) is 2.95. The van der Waals surface area contributed by atoms with Crippen LogP contribution in [0, 0.1) is 6.92 Å². The molecule has 4 rings (SSSR count). The molecule has 144 valence electrons. The molecule has 3 heterocycles. The van der Waals surface area contributed by atoms with Crippen molar-refractivity contribution < 1.29 is 9.53 Å². The molecule has 0 saturated carbocycles. The van der Waals surface area contributed by atoms with Crippen molar-refractivity contribution in [3.05, 3.63) is 61.1 Å². The van der Waals surface area contributed by atoms with E-state index in [1.54, 1.807) is 31.5 Å². The number of rotatable bonds is 2. The summed E-state index contributed by atoms with van der Waals surface area (Å²) in [6, 6.07) is 5.53. The summed E-state index contributed by atoms with van der Waals surface area (Å²) >= 11 is 1.32. The molecule has 28 heavy (non-hydrogen) atoms. The Balaban J connectivity index is 2.10. The summed E-state index contributed by atoms with van der Waals surface area (Å²) in [7, 11) is 0. The van der Waals surface area contributed by atoms with Gasteiger partial charge in [-0.05, 0) is 39.8 Å². The number of ether oxygens (including phenoxy) is 1. The topological polar surface area (TPSA) is 96.9 Å². The van der Waals surface area contributed by atoms with Gasteiger partial charge in [-0.3, -0.25) is 4.79 Å². The quantitative estimate of drug-likeness (QED) is 0.506. The van der Waals surface area contributed by atoms with Crippen LogP contribution in [-0.2, 0) is 4.74 Å². The van der Waals surface area contributed by atoms with Crippen molar-refractivity contribution in [1.29, 1.82) is 0 Å². The Bertz CT molecular complexity index is 1350. The lowest BCUT2D eigenvalue weighted by atomic mass is 10.1. The van der Waals surface area contributed by atoms with Gasteiger partial charge >= 0.3 is 11.7 Å². The van der Waals surface area contributed by atoms with Crippen LogP contribution < -0.4 is 11.2 Å². The fourth-order valence-corrected chi connectivity index (χ4v) is 3.90. The van der Waals surface area contributed by atoms with E-state index in [0.29, 0.717) is 21.8 Å². The first kappa shape index (κ1) is 18.2. The first-order valence-corrected chi connectivity index (χ1v) is 9.67. The van der Waals surface area contributed by atoms with E-state index in [1.165, 1.54) is 11.3 Å². The van der Waals surface area contributed by atoms with Crippen LogP contribution in [0.5, 0.6) is 0 Å². The predicted molar refractivity (Wildman–Crippen MR) is 110 cm³/mol. The van der Waals surface area contributed by atoms with Crippen LogP contribution in [-0.4, -0.2) is 26.1 Å². The highest BCUT2D eigenvalue weighted by atomic mass is 32.1. The van der Waals surface area contributed by atoms with E-state index in [4.69, 9.17) is 4.74 Å². The molecule has 4 aromatic rings. The average molecular weight is 397 g/mol. The second kappa shape index (κ2) is 6.20. The second-order valence-electron chi connectivity index (χ2n) is 7.67. The number of nitrogens with one attached hydrogen (secondary N) is 2. The maximum atomic E-state index is 13.1. The maximum absolute atomic E-state index is 13.1. The van der Waals surface area contributed by atoms with E-state index in [-0.39, 0.29) is 11.4 Å². The lowest BCUT2D eigenvalue weighted by Gasteiger charge is -2.19. The van der Waals surface area contributed by atoms with Gasteiger partial charge in [-0.25, -0.2) is 14.2 Å². The van der Waals surface area contributed by atoms with E-state index in [2.05, 4.69) is 9.97 Å². The van der Waals surface area contributed by atoms with Crippen molar-refractivity contribution >= 4 is 39.1 Å². The Morgan fingerprint density at radius 1 is 1.07 bits per heavy atom. The third-order valence-corrected chi connectivity index (χ3v) is 5.04. The molecule has 8 heteroatoms. The minimum atomic E-state index is -0.726. The molecular weight excluding hydrogens is 378 g/mol. The number of thiophene rings is 1. The molecule has 0 spiro atoms. The lowest BCUT2D eigenvalue weighted by molar-refractivity contribution is 0.00639. The van der Waals surface area contributed by atoms with Crippen molar-refractivity contribution in [3.63, 3.8) is 0 Å². The summed E-state index contributed by atoms with van der Waals surface area (Å²) in [5, 5.41) is 4.37. The van der Waals surface area contributed by atoms with Crippen LogP contribution in [0.3, 0.4) is 0 Å². The number of aryl methyl sites for hydroxylation is 1. The van der Waals surface area contributed by atoms with Gasteiger partial charge < -0.3 is 14.7 Å². The number of nitrogens with zero attached hydrogens (tertiary/aromatic N) is 1. The molecule has 2 N–H and O–H groups in total. The van der Waals surface area contributed by atoms with Crippen molar-refractivity contribution in [2.45, 2.75) is 33.3 Å². The van der Waals surface area contributed by atoms with Crippen LogP contribution in [0.1, 0.15) is 36.8 Å². The number of aromatic nitrogens is 3. The molecule has 0 atom stereocenters. The van der Waals surface area contributed by atoms with Gasteiger partial charge in [0.25, 0.3) is 5.56 Å². The predicted octanol–water partition coefficient (Wildman–Crippen LogP) is 3.49. The van der Waals surface area contributed by atoms with Gasteiger partial charge in [0.2, 0.25) is 0 Å². The fourth-order valence-electron chi connectivity index (χ4n) is 3.15. The summed E-state index contributed by atoms with van der Waals surface area (Å²) in [5.41, 5.74) is 0.505. The zero-order valence-electron chi connectivity index (χ0n) is 15.9. The largest absolute Gasteiger partial charge is 0.455 e. The van der Waals surface area contributed by atoms with Crippen LogP contribution >= 0.6 is 11.3 Å². The Kier molecular flexibility index (Phi) is 4.04. The second-order valence-corrected chi connectivity index (χ2v) is 8.41. The van der Waals surface area contributed by atoms with Crippen LogP contribution in [0.4, 0.5) is 0 Å². The minimum absolute atomic E-state index is 0.0673. The molecule has 0 fully saturated rings. The molecule has 3 aromatic heterocycles. The number of fused-ring (bicyclic) bond motifs is 2. The first-order valence-electron chi connectivity index (χ1n) is 8.73. The molecule has 1 aromatic carbocycles. The van der Waals surface area contributed by atoms with Gasteiger partial charge in [-0.1, -0.05) is 11.6 Å². The molecule has 0 radical (unpaired) electrons. The van der Waals surface area contributed by atoms with E-state index >= 15 is 0 Å². The molecule has 0 aliphatic rings. The van der Waals surface area contributed by atoms with Crippen LogP contribution in [0.2, 0.25) is 0 Å². The molecule has 7 nitrogen and oxygen atoms in total. The number of benzene rings is 1. The number of H-pyrrole nitrogens is 2. The van der Waals surface area contributed by atoms with Gasteiger partial charge in [0.05, 0.1) is 16.6 Å².